The third kappa shape index (κ3) is 5.00. The highest BCUT2D eigenvalue weighted by Gasteiger charge is 2.20. The molecule has 0 aliphatic heterocycles. The first-order valence-corrected chi connectivity index (χ1v) is 9.86. The van der Waals surface area contributed by atoms with Gasteiger partial charge < -0.3 is 24.7 Å². The number of amides is 2. The van der Waals surface area contributed by atoms with Gasteiger partial charge in [0.15, 0.2) is 11.5 Å². The van der Waals surface area contributed by atoms with Gasteiger partial charge in [-0.05, 0) is 24.3 Å². The average molecular weight is 446 g/mol. The predicted octanol–water partition coefficient (Wildman–Crippen LogP) is 2.65. The minimum Gasteiger partial charge on any atom is -0.493 e. The van der Waals surface area contributed by atoms with Gasteiger partial charge >= 0.3 is 0 Å². The number of carbonyl (C=O) groups excluding carboxylic acids is 2. The predicted molar refractivity (Wildman–Crippen MR) is 117 cm³/mol. The van der Waals surface area contributed by atoms with Crippen molar-refractivity contribution in [2.45, 2.75) is 6.42 Å². The molecule has 0 fully saturated rings. The number of methoxy groups -OCH3 is 2. The zero-order chi connectivity index (χ0) is 22.5. The summed E-state index contributed by atoms with van der Waals surface area (Å²) in [4.78, 5) is 25.5. The summed E-state index contributed by atoms with van der Waals surface area (Å²) in [6, 6.07) is 6.55. The number of aryl methyl sites for hydroxylation is 2. The highest BCUT2D eigenvalue weighted by atomic mass is 35.5. The first-order chi connectivity index (χ1) is 14.8. The lowest BCUT2D eigenvalue weighted by atomic mass is 10.1. The molecule has 0 atom stereocenters. The summed E-state index contributed by atoms with van der Waals surface area (Å²) in [5.74, 6) is -0.0753. The van der Waals surface area contributed by atoms with Crippen LogP contribution in [0.2, 0.25) is 5.02 Å². The number of halogens is 1. The fourth-order valence-corrected chi connectivity index (χ4v) is 3.43. The number of nitrogens with zero attached hydrogens (tertiary/aromatic N) is 3. The van der Waals surface area contributed by atoms with Gasteiger partial charge in [-0.15, -0.1) is 0 Å². The lowest BCUT2D eigenvalue weighted by Gasteiger charge is -2.16. The van der Waals surface area contributed by atoms with Gasteiger partial charge in [-0.3, -0.25) is 14.3 Å². The highest BCUT2D eigenvalue weighted by Crippen LogP contribution is 2.37. The van der Waals surface area contributed by atoms with Crippen LogP contribution in [0.5, 0.6) is 11.5 Å². The molecule has 0 spiro atoms. The molecule has 10 heteroatoms. The van der Waals surface area contributed by atoms with Gasteiger partial charge in [0.05, 0.1) is 24.9 Å². The third-order valence-electron chi connectivity index (χ3n) is 4.78. The summed E-state index contributed by atoms with van der Waals surface area (Å²) in [7, 11) is 6.48. The Bertz CT molecular complexity index is 1110. The molecule has 1 aromatic carbocycles. The molecule has 0 radical (unpaired) electrons. The molecule has 2 aromatic heterocycles. The Kier molecular flexibility index (Phi) is 6.86. The summed E-state index contributed by atoms with van der Waals surface area (Å²) in [6.45, 7) is 0.427. The van der Waals surface area contributed by atoms with Gasteiger partial charge in [0.25, 0.3) is 11.8 Å². The van der Waals surface area contributed by atoms with Crippen LogP contribution in [0.4, 0.5) is 5.69 Å². The van der Waals surface area contributed by atoms with E-state index in [2.05, 4.69) is 15.7 Å². The van der Waals surface area contributed by atoms with Gasteiger partial charge in [-0.25, -0.2) is 0 Å². The van der Waals surface area contributed by atoms with Crippen LogP contribution >= 0.6 is 11.6 Å². The molecule has 0 aliphatic carbocycles. The molecule has 0 saturated heterocycles. The average Bonchev–Trinajstić information content (AvgIpc) is 3.31. The number of carbonyl (C=O) groups is 2. The van der Waals surface area contributed by atoms with E-state index in [1.807, 2.05) is 13.1 Å². The topological polar surface area (TPSA) is 99.4 Å². The van der Waals surface area contributed by atoms with Crippen LogP contribution in [-0.4, -0.2) is 46.9 Å². The molecule has 0 unspecified atom stereocenters. The molecule has 0 bridgehead atoms. The minimum atomic E-state index is -0.400. The van der Waals surface area contributed by atoms with Gasteiger partial charge in [0, 0.05) is 50.7 Å². The lowest BCUT2D eigenvalue weighted by Crippen LogP contribution is -2.26. The van der Waals surface area contributed by atoms with Crippen LogP contribution < -0.4 is 20.1 Å². The number of nitrogens with one attached hydrogen (secondary N) is 2. The van der Waals surface area contributed by atoms with E-state index in [9.17, 15) is 9.59 Å². The van der Waals surface area contributed by atoms with E-state index in [1.54, 1.807) is 46.9 Å². The monoisotopic (exact) mass is 445 g/mol. The van der Waals surface area contributed by atoms with E-state index in [4.69, 9.17) is 21.1 Å². The van der Waals surface area contributed by atoms with Gasteiger partial charge in [-0.2, -0.15) is 5.10 Å². The number of aromatic nitrogens is 3. The van der Waals surface area contributed by atoms with E-state index in [1.165, 1.54) is 14.2 Å². The van der Waals surface area contributed by atoms with Crippen molar-refractivity contribution >= 4 is 29.1 Å². The second kappa shape index (κ2) is 9.57. The molecule has 3 aromatic rings. The maximum Gasteiger partial charge on any atom is 0.272 e. The normalized spacial score (nSPS) is 10.6. The number of rotatable bonds is 8. The van der Waals surface area contributed by atoms with Crippen LogP contribution in [-0.2, 0) is 20.5 Å². The van der Waals surface area contributed by atoms with Crippen molar-refractivity contribution in [2.75, 3.05) is 26.1 Å². The summed E-state index contributed by atoms with van der Waals surface area (Å²) in [5, 5.41) is 10.2. The van der Waals surface area contributed by atoms with Crippen molar-refractivity contribution in [1.29, 1.82) is 0 Å². The van der Waals surface area contributed by atoms with Gasteiger partial charge in [-0.1, -0.05) is 11.6 Å². The highest BCUT2D eigenvalue weighted by molar-refractivity contribution is 6.31. The number of hydrogen-bond acceptors (Lipinski definition) is 5. The summed E-state index contributed by atoms with van der Waals surface area (Å²) in [6.07, 6.45) is 3.97. The van der Waals surface area contributed by atoms with Crippen LogP contribution in [0.1, 0.15) is 26.5 Å². The lowest BCUT2D eigenvalue weighted by molar-refractivity contribution is 0.0951. The standard InChI is InChI=1S/C21H24ClN5O4/c1-26-12-14(22)11-17(26)21(29)25-16-9-13(10-18(30-3)19(16)31-4)20(28)23-7-5-15-6-8-24-27(15)2/h6,8-12H,5,7H2,1-4H3,(H,23,28)(H,25,29). The molecule has 9 nitrogen and oxygen atoms in total. The molecule has 31 heavy (non-hydrogen) atoms. The maximum absolute atomic E-state index is 12.7. The van der Waals surface area contributed by atoms with Gasteiger partial charge in [0.1, 0.15) is 5.69 Å². The Hall–Kier alpha value is -3.46. The van der Waals surface area contributed by atoms with Crippen molar-refractivity contribution in [2.24, 2.45) is 14.1 Å². The zero-order valence-electron chi connectivity index (χ0n) is 17.7. The molecular formula is C21H24ClN5O4. The van der Waals surface area contributed by atoms with Crippen molar-refractivity contribution in [3.8, 4) is 11.5 Å². The first-order valence-electron chi connectivity index (χ1n) is 9.48. The van der Waals surface area contributed by atoms with Crippen molar-refractivity contribution in [3.63, 3.8) is 0 Å². The fraction of sp³-hybridized carbons (Fsp3) is 0.286. The van der Waals surface area contributed by atoms with Crippen LogP contribution in [0.3, 0.4) is 0 Å². The van der Waals surface area contributed by atoms with Crippen LogP contribution in [0.25, 0.3) is 0 Å². The van der Waals surface area contributed by atoms with Crippen LogP contribution in [0, 0.1) is 0 Å². The smallest absolute Gasteiger partial charge is 0.272 e. The number of anilines is 1. The van der Waals surface area contributed by atoms with E-state index in [0.29, 0.717) is 46.4 Å². The second-order valence-corrected chi connectivity index (χ2v) is 7.26. The molecule has 2 N–H and O–H groups in total. The Morgan fingerprint density at radius 2 is 1.90 bits per heavy atom. The largest absolute Gasteiger partial charge is 0.493 e. The summed E-state index contributed by atoms with van der Waals surface area (Å²) < 4.78 is 14.1. The molecule has 2 amide bonds. The van der Waals surface area contributed by atoms with E-state index >= 15 is 0 Å². The molecule has 0 aliphatic rings. The van der Waals surface area contributed by atoms with Crippen molar-refractivity contribution < 1.29 is 19.1 Å². The molecule has 3 rings (SSSR count). The summed E-state index contributed by atoms with van der Waals surface area (Å²) >= 11 is 5.98. The Balaban J connectivity index is 1.81. The van der Waals surface area contributed by atoms with Crippen molar-refractivity contribution in [1.82, 2.24) is 19.7 Å². The van der Waals surface area contributed by atoms with Gasteiger partial charge in [0.2, 0.25) is 0 Å². The Morgan fingerprint density at radius 3 is 2.48 bits per heavy atom. The minimum absolute atomic E-state index is 0.305. The van der Waals surface area contributed by atoms with E-state index < -0.39 is 5.91 Å². The molecule has 164 valence electrons. The molecular weight excluding hydrogens is 422 g/mol. The number of ether oxygens (including phenoxy) is 2. The number of hydrogen-bond donors (Lipinski definition) is 2. The number of benzene rings is 1. The third-order valence-corrected chi connectivity index (χ3v) is 4.99. The zero-order valence-corrected chi connectivity index (χ0v) is 18.5. The molecule has 2 heterocycles. The maximum atomic E-state index is 12.7. The van der Waals surface area contributed by atoms with Crippen LogP contribution in [0.15, 0.2) is 36.7 Å². The van der Waals surface area contributed by atoms with E-state index in [-0.39, 0.29) is 5.91 Å². The SMILES string of the molecule is COc1cc(C(=O)NCCc2ccnn2C)cc(NC(=O)c2cc(Cl)cn2C)c1OC. The fourth-order valence-electron chi connectivity index (χ4n) is 3.18. The molecule has 0 saturated carbocycles. The first kappa shape index (κ1) is 22.2. The van der Waals surface area contributed by atoms with Crippen molar-refractivity contribution in [3.05, 3.63) is 58.6 Å². The quantitative estimate of drug-likeness (QED) is 0.555. The Labute approximate surface area is 184 Å². The summed E-state index contributed by atoms with van der Waals surface area (Å²) in [5.41, 5.74) is 1.99. The Morgan fingerprint density at radius 1 is 1.13 bits per heavy atom. The van der Waals surface area contributed by atoms with E-state index in [0.717, 1.165) is 5.69 Å². The second-order valence-electron chi connectivity index (χ2n) is 6.82.